The maximum atomic E-state index is 12.1. The second kappa shape index (κ2) is 9.02. The Hall–Kier alpha value is -3.09. The molecule has 0 unspecified atom stereocenters. The summed E-state index contributed by atoms with van der Waals surface area (Å²) in [6.07, 6.45) is 4.02. The van der Waals surface area contributed by atoms with E-state index < -0.39 is 0 Å². The molecule has 0 radical (unpaired) electrons. The number of hydrogen-bond donors (Lipinski definition) is 2. The third-order valence-corrected chi connectivity index (χ3v) is 4.30. The van der Waals surface area contributed by atoms with Crippen LogP contribution in [0.4, 0.5) is 11.5 Å². The van der Waals surface area contributed by atoms with Crippen LogP contribution in [0.1, 0.15) is 30.1 Å². The van der Waals surface area contributed by atoms with E-state index in [4.69, 9.17) is 4.74 Å². The number of carbonyl (C=O) groups is 2. The van der Waals surface area contributed by atoms with Crippen molar-refractivity contribution in [2.24, 2.45) is 0 Å². The molecule has 0 saturated carbocycles. The Morgan fingerprint density at radius 2 is 1.85 bits per heavy atom. The van der Waals surface area contributed by atoms with Crippen molar-refractivity contribution in [1.29, 1.82) is 0 Å². The van der Waals surface area contributed by atoms with Crippen molar-refractivity contribution in [2.75, 3.05) is 36.5 Å². The molecule has 142 valence electrons. The fourth-order valence-corrected chi connectivity index (χ4v) is 2.93. The maximum Gasteiger partial charge on any atom is 0.251 e. The van der Waals surface area contributed by atoms with Crippen LogP contribution in [0.3, 0.4) is 0 Å². The van der Waals surface area contributed by atoms with Crippen molar-refractivity contribution in [3.05, 3.63) is 48.2 Å². The van der Waals surface area contributed by atoms with Crippen LogP contribution in [0.5, 0.6) is 5.75 Å². The molecule has 2 amide bonds. The molecular formula is C20H24N4O3. The SMILES string of the molecule is CCOc1ccc(C(=O)NCC(=O)Nc2ccc(N3CCCC3)nc2)cc1. The minimum absolute atomic E-state index is 0.111. The molecule has 1 aliphatic rings. The number of amides is 2. The molecule has 7 heteroatoms. The minimum Gasteiger partial charge on any atom is -0.494 e. The number of ether oxygens (including phenoxy) is 1. The summed E-state index contributed by atoms with van der Waals surface area (Å²) in [6.45, 7) is 4.40. The van der Waals surface area contributed by atoms with Crippen LogP contribution in [0.15, 0.2) is 42.6 Å². The minimum atomic E-state index is -0.310. The number of benzene rings is 1. The quantitative estimate of drug-likeness (QED) is 0.784. The number of anilines is 2. The Balaban J connectivity index is 1.46. The first-order chi connectivity index (χ1) is 13.2. The summed E-state index contributed by atoms with van der Waals surface area (Å²) in [6, 6.07) is 10.5. The number of nitrogens with zero attached hydrogens (tertiary/aromatic N) is 2. The normalized spacial score (nSPS) is 13.3. The number of nitrogens with one attached hydrogen (secondary N) is 2. The summed E-state index contributed by atoms with van der Waals surface area (Å²) in [5.41, 5.74) is 1.08. The fraction of sp³-hybridized carbons (Fsp3) is 0.350. The Morgan fingerprint density at radius 1 is 1.11 bits per heavy atom. The molecule has 1 fully saturated rings. The molecule has 1 aromatic heterocycles. The highest BCUT2D eigenvalue weighted by molar-refractivity contribution is 5.99. The van der Waals surface area contributed by atoms with Crippen LogP contribution < -0.4 is 20.3 Å². The Bertz CT molecular complexity index is 769. The lowest BCUT2D eigenvalue weighted by Gasteiger charge is -2.16. The number of hydrogen-bond acceptors (Lipinski definition) is 5. The van der Waals surface area contributed by atoms with Crippen molar-refractivity contribution in [3.63, 3.8) is 0 Å². The van der Waals surface area contributed by atoms with Gasteiger partial charge in [0.2, 0.25) is 5.91 Å². The van der Waals surface area contributed by atoms with Crippen molar-refractivity contribution < 1.29 is 14.3 Å². The zero-order chi connectivity index (χ0) is 19.1. The third-order valence-electron chi connectivity index (χ3n) is 4.30. The van der Waals surface area contributed by atoms with Crippen LogP contribution in [0.2, 0.25) is 0 Å². The summed E-state index contributed by atoms with van der Waals surface area (Å²) in [7, 11) is 0. The smallest absolute Gasteiger partial charge is 0.251 e. The van der Waals surface area contributed by atoms with Gasteiger partial charge in [-0.2, -0.15) is 0 Å². The molecule has 3 rings (SSSR count). The highest BCUT2D eigenvalue weighted by atomic mass is 16.5. The first-order valence-electron chi connectivity index (χ1n) is 9.17. The van der Waals surface area contributed by atoms with Crippen LogP contribution in [0, 0.1) is 0 Å². The zero-order valence-electron chi connectivity index (χ0n) is 15.4. The van der Waals surface area contributed by atoms with Crippen LogP contribution >= 0.6 is 0 Å². The molecule has 0 bridgehead atoms. The van der Waals surface area contributed by atoms with Crippen molar-refractivity contribution in [3.8, 4) is 5.75 Å². The van der Waals surface area contributed by atoms with Gasteiger partial charge < -0.3 is 20.3 Å². The van der Waals surface area contributed by atoms with Gasteiger partial charge in [0.15, 0.2) is 0 Å². The zero-order valence-corrected chi connectivity index (χ0v) is 15.4. The first kappa shape index (κ1) is 18.7. The molecule has 0 aliphatic carbocycles. The molecule has 0 atom stereocenters. The van der Waals surface area contributed by atoms with E-state index >= 15 is 0 Å². The largest absolute Gasteiger partial charge is 0.494 e. The number of aromatic nitrogens is 1. The van der Waals surface area contributed by atoms with Gasteiger partial charge in [0.05, 0.1) is 25.0 Å². The molecule has 1 aliphatic heterocycles. The van der Waals surface area contributed by atoms with E-state index in [1.54, 1.807) is 30.5 Å². The van der Waals surface area contributed by atoms with E-state index in [1.807, 2.05) is 19.1 Å². The second-order valence-electron chi connectivity index (χ2n) is 6.29. The van der Waals surface area contributed by atoms with Gasteiger partial charge in [-0.05, 0) is 56.2 Å². The van der Waals surface area contributed by atoms with Crippen molar-refractivity contribution in [1.82, 2.24) is 10.3 Å². The average Bonchev–Trinajstić information content (AvgIpc) is 3.22. The van der Waals surface area contributed by atoms with Gasteiger partial charge in [0.25, 0.3) is 5.91 Å². The summed E-state index contributed by atoms with van der Waals surface area (Å²) < 4.78 is 5.34. The summed E-state index contributed by atoms with van der Waals surface area (Å²) in [5.74, 6) is 1.02. The van der Waals surface area contributed by atoms with Gasteiger partial charge in [-0.3, -0.25) is 9.59 Å². The lowest BCUT2D eigenvalue weighted by atomic mass is 10.2. The number of rotatable bonds is 7. The standard InChI is InChI=1S/C20H24N4O3/c1-2-27-17-8-5-15(6-9-17)20(26)22-14-19(25)23-16-7-10-18(21-13-16)24-11-3-4-12-24/h5-10,13H,2-4,11-12,14H2,1H3,(H,22,26)(H,23,25). The average molecular weight is 368 g/mol. The van der Waals surface area contributed by atoms with Gasteiger partial charge in [0.1, 0.15) is 11.6 Å². The molecule has 2 heterocycles. The number of pyridine rings is 1. The van der Waals surface area contributed by atoms with Crippen LogP contribution in [-0.2, 0) is 4.79 Å². The topological polar surface area (TPSA) is 83.6 Å². The predicted octanol–water partition coefficient (Wildman–Crippen LogP) is 2.45. The summed E-state index contributed by atoms with van der Waals surface area (Å²) in [5, 5.41) is 5.34. The van der Waals surface area contributed by atoms with E-state index in [-0.39, 0.29) is 18.4 Å². The predicted molar refractivity (Wildman–Crippen MR) is 104 cm³/mol. The summed E-state index contributed by atoms with van der Waals surface area (Å²) >= 11 is 0. The monoisotopic (exact) mass is 368 g/mol. The first-order valence-corrected chi connectivity index (χ1v) is 9.17. The van der Waals surface area contributed by atoms with Gasteiger partial charge in [-0.25, -0.2) is 4.98 Å². The van der Waals surface area contributed by atoms with E-state index in [1.165, 1.54) is 12.8 Å². The lowest BCUT2D eigenvalue weighted by molar-refractivity contribution is -0.115. The van der Waals surface area contributed by atoms with Crippen molar-refractivity contribution in [2.45, 2.75) is 19.8 Å². The van der Waals surface area contributed by atoms with Gasteiger partial charge >= 0.3 is 0 Å². The summed E-state index contributed by atoms with van der Waals surface area (Å²) in [4.78, 5) is 30.8. The molecule has 1 aromatic carbocycles. The Kier molecular flexibility index (Phi) is 6.25. The molecule has 0 spiro atoms. The molecule has 27 heavy (non-hydrogen) atoms. The molecule has 7 nitrogen and oxygen atoms in total. The van der Waals surface area contributed by atoms with Crippen LogP contribution in [0.25, 0.3) is 0 Å². The van der Waals surface area contributed by atoms with Crippen molar-refractivity contribution >= 4 is 23.3 Å². The number of carbonyl (C=O) groups excluding carboxylic acids is 2. The van der Waals surface area contributed by atoms with Crippen LogP contribution in [-0.4, -0.2) is 43.0 Å². The molecule has 2 N–H and O–H groups in total. The highest BCUT2D eigenvalue weighted by Gasteiger charge is 2.13. The molecular weight excluding hydrogens is 344 g/mol. The van der Waals surface area contributed by atoms with E-state index in [0.717, 1.165) is 18.9 Å². The third kappa shape index (κ3) is 5.20. The van der Waals surface area contributed by atoms with Gasteiger partial charge in [-0.1, -0.05) is 0 Å². The second-order valence-corrected chi connectivity index (χ2v) is 6.29. The lowest BCUT2D eigenvalue weighted by Crippen LogP contribution is -2.32. The Labute approximate surface area is 158 Å². The highest BCUT2D eigenvalue weighted by Crippen LogP contribution is 2.19. The molecule has 1 saturated heterocycles. The van der Waals surface area contributed by atoms with Gasteiger partial charge in [-0.15, -0.1) is 0 Å². The van der Waals surface area contributed by atoms with E-state index in [2.05, 4.69) is 20.5 Å². The van der Waals surface area contributed by atoms with E-state index in [9.17, 15) is 9.59 Å². The fourth-order valence-electron chi connectivity index (χ4n) is 2.93. The molecule has 2 aromatic rings. The Morgan fingerprint density at radius 3 is 2.48 bits per heavy atom. The van der Waals surface area contributed by atoms with Gasteiger partial charge in [0, 0.05) is 18.7 Å². The maximum absolute atomic E-state index is 12.1. The van der Waals surface area contributed by atoms with E-state index in [0.29, 0.717) is 23.6 Å².